The Morgan fingerprint density at radius 3 is 2.47 bits per heavy atom. The van der Waals surface area contributed by atoms with Gasteiger partial charge in [-0.15, -0.1) is 0 Å². The molecule has 1 saturated heterocycles. The molecular formula is C26H29N3O. The van der Waals surface area contributed by atoms with E-state index in [-0.39, 0.29) is 11.3 Å². The zero-order chi connectivity index (χ0) is 20.8. The first-order chi connectivity index (χ1) is 14.7. The third-order valence-electron chi connectivity index (χ3n) is 5.98. The van der Waals surface area contributed by atoms with Crippen LogP contribution >= 0.6 is 0 Å². The van der Waals surface area contributed by atoms with E-state index in [1.165, 1.54) is 22.3 Å². The van der Waals surface area contributed by atoms with Crippen molar-refractivity contribution in [2.75, 3.05) is 19.6 Å². The van der Waals surface area contributed by atoms with Gasteiger partial charge in [0, 0.05) is 32.0 Å². The van der Waals surface area contributed by atoms with E-state index in [1.807, 2.05) is 25.3 Å². The highest BCUT2D eigenvalue weighted by molar-refractivity contribution is 5.83. The summed E-state index contributed by atoms with van der Waals surface area (Å²) in [4.78, 5) is 19.7. The number of hydrogen-bond acceptors (Lipinski definition) is 3. The van der Waals surface area contributed by atoms with Crippen LogP contribution in [0.25, 0.3) is 11.1 Å². The van der Waals surface area contributed by atoms with Crippen LogP contribution in [0.2, 0.25) is 0 Å². The number of benzene rings is 2. The summed E-state index contributed by atoms with van der Waals surface area (Å²) in [6, 6.07) is 23.1. The van der Waals surface area contributed by atoms with Crippen LogP contribution in [0.3, 0.4) is 0 Å². The Bertz CT molecular complexity index is 957. The van der Waals surface area contributed by atoms with Crippen LogP contribution in [0.5, 0.6) is 0 Å². The van der Waals surface area contributed by atoms with Crippen molar-refractivity contribution in [3.8, 4) is 11.1 Å². The molecule has 0 radical (unpaired) electrons. The Labute approximate surface area is 179 Å². The predicted molar refractivity (Wildman–Crippen MR) is 121 cm³/mol. The van der Waals surface area contributed by atoms with Crippen molar-refractivity contribution >= 4 is 5.91 Å². The van der Waals surface area contributed by atoms with Crippen molar-refractivity contribution in [3.05, 3.63) is 90.3 Å². The number of aromatic nitrogens is 1. The zero-order valence-corrected chi connectivity index (χ0v) is 17.6. The van der Waals surface area contributed by atoms with Crippen LogP contribution in [0.4, 0.5) is 0 Å². The van der Waals surface area contributed by atoms with Crippen LogP contribution in [-0.4, -0.2) is 35.4 Å². The lowest BCUT2D eigenvalue weighted by atomic mass is 9.79. The second-order valence-corrected chi connectivity index (χ2v) is 8.20. The Morgan fingerprint density at radius 2 is 1.77 bits per heavy atom. The highest BCUT2D eigenvalue weighted by atomic mass is 16.2. The zero-order valence-electron chi connectivity index (χ0n) is 17.6. The number of hydrogen-bond donors (Lipinski definition) is 1. The number of amides is 1. The third-order valence-corrected chi connectivity index (χ3v) is 5.98. The molecule has 0 aliphatic carbocycles. The van der Waals surface area contributed by atoms with E-state index in [1.54, 1.807) is 6.20 Å². The maximum atomic E-state index is 13.1. The van der Waals surface area contributed by atoms with Gasteiger partial charge < -0.3 is 5.32 Å². The fourth-order valence-electron chi connectivity index (χ4n) is 4.44. The maximum Gasteiger partial charge on any atom is 0.227 e. The molecule has 3 aromatic rings. The van der Waals surface area contributed by atoms with Crippen molar-refractivity contribution in [1.29, 1.82) is 0 Å². The number of carbonyl (C=O) groups excluding carboxylic acids is 1. The molecule has 0 saturated carbocycles. The van der Waals surface area contributed by atoms with Gasteiger partial charge in [0.2, 0.25) is 5.91 Å². The smallest absolute Gasteiger partial charge is 0.227 e. The molecular weight excluding hydrogens is 370 g/mol. The van der Waals surface area contributed by atoms with E-state index in [0.717, 1.165) is 32.5 Å². The summed E-state index contributed by atoms with van der Waals surface area (Å²) >= 11 is 0. The topological polar surface area (TPSA) is 45.2 Å². The quantitative estimate of drug-likeness (QED) is 0.644. The Hall–Kier alpha value is -2.98. The van der Waals surface area contributed by atoms with E-state index in [0.29, 0.717) is 6.54 Å². The van der Waals surface area contributed by atoms with Crippen molar-refractivity contribution in [3.63, 3.8) is 0 Å². The van der Waals surface area contributed by atoms with Gasteiger partial charge in [-0.1, -0.05) is 60.7 Å². The average molecular weight is 400 g/mol. The molecule has 2 aromatic carbocycles. The minimum atomic E-state index is -0.382. The third kappa shape index (κ3) is 4.60. The van der Waals surface area contributed by atoms with Crippen molar-refractivity contribution in [2.45, 2.75) is 26.3 Å². The molecule has 4 rings (SSSR count). The van der Waals surface area contributed by atoms with Gasteiger partial charge >= 0.3 is 0 Å². The van der Waals surface area contributed by atoms with Crippen molar-refractivity contribution < 1.29 is 4.79 Å². The monoisotopic (exact) mass is 399 g/mol. The summed E-state index contributed by atoms with van der Waals surface area (Å²) in [5, 5.41) is 3.09. The predicted octanol–water partition coefficient (Wildman–Crippen LogP) is 4.32. The van der Waals surface area contributed by atoms with Gasteiger partial charge in [0.05, 0.1) is 5.41 Å². The maximum absolute atomic E-state index is 13.1. The van der Waals surface area contributed by atoms with E-state index in [9.17, 15) is 4.79 Å². The fraction of sp³-hybridized carbons (Fsp3) is 0.308. The first-order valence-electron chi connectivity index (χ1n) is 10.7. The summed E-state index contributed by atoms with van der Waals surface area (Å²) in [5.74, 6) is 0.172. The molecule has 2 heterocycles. The van der Waals surface area contributed by atoms with Crippen LogP contribution in [0.15, 0.2) is 79.1 Å². The second kappa shape index (κ2) is 9.23. The molecule has 0 bridgehead atoms. The first-order valence-corrected chi connectivity index (χ1v) is 10.7. The van der Waals surface area contributed by atoms with Crippen molar-refractivity contribution in [2.24, 2.45) is 5.41 Å². The van der Waals surface area contributed by atoms with Crippen LogP contribution in [0, 0.1) is 5.41 Å². The first kappa shape index (κ1) is 20.3. The Kier molecular flexibility index (Phi) is 6.24. The van der Waals surface area contributed by atoms with E-state index < -0.39 is 0 Å². The fourth-order valence-corrected chi connectivity index (χ4v) is 4.44. The van der Waals surface area contributed by atoms with Gasteiger partial charge in [0.15, 0.2) is 0 Å². The molecule has 1 unspecified atom stereocenters. The lowest BCUT2D eigenvalue weighted by Crippen LogP contribution is -2.44. The molecule has 154 valence electrons. The molecule has 1 aromatic heterocycles. The molecule has 1 amide bonds. The lowest BCUT2D eigenvalue weighted by Gasteiger charge is -2.28. The molecule has 1 aliphatic rings. The molecule has 0 spiro atoms. The minimum Gasteiger partial charge on any atom is -0.356 e. The molecule has 1 N–H and O–H groups in total. The van der Waals surface area contributed by atoms with E-state index in [2.05, 4.69) is 69.8 Å². The summed E-state index contributed by atoms with van der Waals surface area (Å²) < 4.78 is 0. The number of nitrogens with zero attached hydrogens (tertiary/aromatic N) is 2. The van der Waals surface area contributed by atoms with Crippen LogP contribution < -0.4 is 5.32 Å². The summed E-state index contributed by atoms with van der Waals surface area (Å²) in [6.07, 6.45) is 5.34. The van der Waals surface area contributed by atoms with Gasteiger partial charge in [0.25, 0.3) is 0 Å². The second-order valence-electron chi connectivity index (χ2n) is 8.20. The molecule has 1 aliphatic heterocycles. The van der Waals surface area contributed by atoms with E-state index in [4.69, 9.17) is 0 Å². The number of carbonyl (C=O) groups is 1. The number of likely N-dealkylation sites (tertiary alicyclic amines) is 1. The Balaban J connectivity index is 1.51. The molecule has 4 heteroatoms. The minimum absolute atomic E-state index is 0.172. The van der Waals surface area contributed by atoms with Gasteiger partial charge in [-0.25, -0.2) is 0 Å². The average Bonchev–Trinajstić information content (AvgIpc) is 3.19. The lowest BCUT2D eigenvalue weighted by molar-refractivity contribution is -0.130. The summed E-state index contributed by atoms with van der Waals surface area (Å²) in [6.45, 7) is 5.18. The largest absolute Gasteiger partial charge is 0.356 e. The van der Waals surface area contributed by atoms with Crippen LogP contribution in [-0.2, 0) is 17.8 Å². The molecule has 1 fully saturated rings. The van der Waals surface area contributed by atoms with Gasteiger partial charge in [-0.3, -0.25) is 14.7 Å². The SMILES string of the molecule is CCNC(=O)C1(Cc2ccc(-c3ccccc3)cc2)CCN(Cc2cccnc2)C1. The normalized spacial score (nSPS) is 19.0. The van der Waals surface area contributed by atoms with Crippen molar-refractivity contribution in [1.82, 2.24) is 15.2 Å². The summed E-state index contributed by atoms with van der Waals surface area (Å²) in [5.41, 5.74) is 4.44. The Morgan fingerprint density at radius 1 is 1.00 bits per heavy atom. The molecule has 1 atom stereocenters. The van der Waals surface area contributed by atoms with E-state index >= 15 is 0 Å². The highest BCUT2D eigenvalue weighted by Crippen LogP contribution is 2.36. The van der Waals surface area contributed by atoms with Gasteiger partial charge in [0.1, 0.15) is 0 Å². The van der Waals surface area contributed by atoms with Gasteiger partial charge in [-0.05, 0) is 54.6 Å². The summed E-state index contributed by atoms with van der Waals surface area (Å²) in [7, 11) is 0. The standard InChI is InChI=1S/C26H29N3O/c1-2-28-25(30)26(14-16-29(20-26)19-22-7-6-15-27-18-22)17-21-10-12-24(13-11-21)23-8-4-3-5-9-23/h3-13,15,18H,2,14,16-17,19-20H2,1H3,(H,28,30). The number of rotatable bonds is 7. The number of pyridine rings is 1. The van der Waals surface area contributed by atoms with Gasteiger partial charge in [-0.2, -0.15) is 0 Å². The molecule has 30 heavy (non-hydrogen) atoms. The number of nitrogens with one attached hydrogen (secondary N) is 1. The highest BCUT2D eigenvalue weighted by Gasteiger charge is 2.44. The van der Waals surface area contributed by atoms with Crippen LogP contribution in [0.1, 0.15) is 24.5 Å². The molecule has 4 nitrogen and oxygen atoms in total.